The van der Waals surface area contributed by atoms with E-state index in [0.717, 1.165) is 29.7 Å². The third kappa shape index (κ3) is 4.12. The Morgan fingerprint density at radius 1 is 1.15 bits per heavy atom. The van der Waals surface area contributed by atoms with Crippen LogP contribution in [0, 0.1) is 23.2 Å². The molecule has 0 aromatic carbocycles. The molecule has 4 aliphatic carbocycles. The molecule has 2 heterocycles. The number of anilines is 1. The standard InChI is InChI=1S/C26H37N3O4S/c1-5-7-27-21(30)20-18-6-8-29(24(32)33-25(2,3)4)14-19(18)34-22(20)28-23(31)26-12-15-9-16(13-26)11-17(26)10-15/h15-17H,5-14H2,1-4H3,(H,27,30)(H,28,31). The average molecular weight is 488 g/mol. The molecule has 6 rings (SSSR count). The lowest BCUT2D eigenvalue weighted by molar-refractivity contribution is -0.127. The van der Waals surface area contributed by atoms with Crippen molar-refractivity contribution in [1.29, 1.82) is 0 Å². The molecule has 186 valence electrons. The van der Waals surface area contributed by atoms with Gasteiger partial charge in [-0.15, -0.1) is 11.3 Å². The van der Waals surface area contributed by atoms with E-state index >= 15 is 0 Å². The lowest BCUT2D eigenvalue weighted by atomic mass is 9.75. The SMILES string of the molecule is CCCNC(=O)c1c(NC(=O)C23CC4CC(CC2C4)C3)sc2c1CCN(C(=O)OC(C)(C)C)C2. The number of fused-ring (bicyclic) bond motifs is 1. The van der Waals surface area contributed by atoms with Gasteiger partial charge in [0, 0.05) is 18.0 Å². The van der Waals surface area contributed by atoms with Crippen LogP contribution < -0.4 is 10.6 Å². The van der Waals surface area contributed by atoms with Gasteiger partial charge in [0.15, 0.2) is 0 Å². The van der Waals surface area contributed by atoms with Gasteiger partial charge >= 0.3 is 6.09 Å². The summed E-state index contributed by atoms with van der Waals surface area (Å²) in [6, 6.07) is 0. The molecule has 5 aliphatic rings. The molecule has 2 N–H and O–H groups in total. The summed E-state index contributed by atoms with van der Waals surface area (Å²) in [4.78, 5) is 42.2. The second-order valence-electron chi connectivity index (χ2n) is 11.8. The molecule has 8 heteroatoms. The maximum absolute atomic E-state index is 13.7. The number of amides is 3. The molecule has 4 saturated carbocycles. The van der Waals surface area contributed by atoms with Crippen LogP contribution in [0.5, 0.6) is 0 Å². The molecule has 0 spiro atoms. The van der Waals surface area contributed by atoms with Gasteiger partial charge in [-0.1, -0.05) is 6.92 Å². The van der Waals surface area contributed by atoms with Crippen molar-refractivity contribution in [2.75, 3.05) is 18.4 Å². The second-order valence-corrected chi connectivity index (χ2v) is 12.9. The number of nitrogens with zero attached hydrogens (tertiary/aromatic N) is 1. The Kier molecular flexibility index (Phi) is 5.94. The Morgan fingerprint density at radius 3 is 2.50 bits per heavy atom. The lowest BCUT2D eigenvalue weighted by Gasteiger charge is -2.31. The van der Waals surface area contributed by atoms with Crippen LogP contribution in [0.1, 0.15) is 87.0 Å². The predicted molar refractivity (Wildman–Crippen MR) is 132 cm³/mol. The molecular formula is C26H37N3O4S. The van der Waals surface area contributed by atoms with Crippen molar-refractivity contribution < 1.29 is 19.1 Å². The van der Waals surface area contributed by atoms with Gasteiger partial charge < -0.3 is 20.3 Å². The number of ether oxygens (including phenoxy) is 1. The first-order valence-electron chi connectivity index (χ1n) is 12.8. The maximum Gasteiger partial charge on any atom is 0.410 e. The molecule has 1 aromatic heterocycles. The van der Waals surface area contributed by atoms with E-state index in [1.54, 1.807) is 4.90 Å². The zero-order valence-electron chi connectivity index (χ0n) is 20.8. The number of nitrogens with one attached hydrogen (secondary N) is 2. The minimum Gasteiger partial charge on any atom is -0.444 e. The van der Waals surface area contributed by atoms with Crippen molar-refractivity contribution in [2.45, 2.75) is 84.8 Å². The van der Waals surface area contributed by atoms with E-state index in [1.165, 1.54) is 30.6 Å². The summed E-state index contributed by atoms with van der Waals surface area (Å²) in [5.74, 6) is 1.85. The highest BCUT2D eigenvalue weighted by molar-refractivity contribution is 7.17. The molecule has 0 radical (unpaired) electrons. The molecule has 3 amide bonds. The van der Waals surface area contributed by atoms with Crippen LogP contribution in [0.15, 0.2) is 0 Å². The van der Waals surface area contributed by atoms with Gasteiger partial charge in [-0.3, -0.25) is 9.59 Å². The third-order valence-electron chi connectivity index (χ3n) is 8.14. The normalized spacial score (nSPS) is 29.2. The van der Waals surface area contributed by atoms with Crippen LogP contribution in [0.25, 0.3) is 0 Å². The van der Waals surface area contributed by atoms with Gasteiger partial charge in [-0.05, 0) is 89.0 Å². The van der Waals surface area contributed by atoms with E-state index in [-0.39, 0.29) is 23.3 Å². The Bertz CT molecular complexity index is 996. The van der Waals surface area contributed by atoms with Crippen LogP contribution in [0.3, 0.4) is 0 Å². The Balaban J connectivity index is 1.40. The molecule has 2 atom stereocenters. The quantitative estimate of drug-likeness (QED) is 0.615. The first kappa shape index (κ1) is 23.6. The summed E-state index contributed by atoms with van der Waals surface area (Å²) < 4.78 is 5.57. The Labute approximate surface area is 206 Å². The summed E-state index contributed by atoms with van der Waals surface area (Å²) in [7, 11) is 0. The highest BCUT2D eigenvalue weighted by Crippen LogP contribution is 2.65. The molecule has 1 aliphatic heterocycles. The third-order valence-corrected chi connectivity index (χ3v) is 9.27. The zero-order valence-corrected chi connectivity index (χ0v) is 21.6. The molecular weight excluding hydrogens is 450 g/mol. The van der Waals surface area contributed by atoms with E-state index in [2.05, 4.69) is 10.6 Å². The summed E-state index contributed by atoms with van der Waals surface area (Å²) >= 11 is 1.45. The van der Waals surface area contributed by atoms with Crippen LogP contribution in [-0.4, -0.2) is 41.5 Å². The van der Waals surface area contributed by atoms with Crippen molar-refractivity contribution >= 4 is 34.2 Å². The number of hydrogen-bond acceptors (Lipinski definition) is 5. The predicted octanol–water partition coefficient (Wildman–Crippen LogP) is 4.95. The van der Waals surface area contributed by atoms with Crippen LogP contribution in [-0.2, 0) is 22.5 Å². The molecule has 0 saturated heterocycles. The van der Waals surface area contributed by atoms with E-state index < -0.39 is 5.60 Å². The summed E-state index contributed by atoms with van der Waals surface area (Å²) in [6.45, 7) is 9.09. The van der Waals surface area contributed by atoms with E-state index in [9.17, 15) is 14.4 Å². The topological polar surface area (TPSA) is 87.7 Å². The molecule has 4 bridgehead atoms. The van der Waals surface area contributed by atoms with Crippen LogP contribution >= 0.6 is 11.3 Å². The van der Waals surface area contributed by atoms with Gasteiger partial charge in [0.2, 0.25) is 5.91 Å². The van der Waals surface area contributed by atoms with E-state index in [1.807, 2.05) is 27.7 Å². The smallest absolute Gasteiger partial charge is 0.410 e. The number of carbonyl (C=O) groups is 3. The Morgan fingerprint density at radius 2 is 1.85 bits per heavy atom. The molecule has 1 aromatic rings. The first-order chi connectivity index (χ1) is 16.1. The largest absolute Gasteiger partial charge is 0.444 e. The monoisotopic (exact) mass is 487 g/mol. The highest BCUT2D eigenvalue weighted by atomic mass is 32.1. The van der Waals surface area contributed by atoms with Crippen molar-refractivity contribution in [3.05, 3.63) is 16.0 Å². The number of rotatable bonds is 5. The molecule has 7 nitrogen and oxygen atoms in total. The highest BCUT2D eigenvalue weighted by Gasteiger charge is 2.61. The van der Waals surface area contributed by atoms with E-state index in [0.29, 0.717) is 54.4 Å². The minimum atomic E-state index is -0.559. The second kappa shape index (κ2) is 8.54. The average Bonchev–Trinajstić information content (AvgIpc) is 3.33. The fourth-order valence-electron chi connectivity index (χ4n) is 6.94. The van der Waals surface area contributed by atoms with Crippen LogP contribution in [0.2, 0.25) is 0 Å². The van der Waals surface area contributed by atoms with Gasteiger partial charge in [0.1, 0.15) is 10.6 Å². The van der Waals surface area contributed by atoms with Crippen molar-refractivity contribution in [3.63, 3.8) is 0 Å². The van der Waals surface area contributed by atoms with Crippen molar-refractivity contribution in [2.24, 2.45) is 23.2 Å². The summed E-state index contributed by atoms with van der Waals surface area (Å²) in [5, 5.41) is 6.89. The van der Waals surface area contributed by atoms with Gasteiger partial charge in [0.05, 0.1) is 17.5 Å². The summed E-state index contributed by atoms with van der Waals surface area (Å²) in [5.41, 5.74) is 0.747. The van der Waals surface area contributed by atoms with Crippen molar-refractivity contribution in [3.8, 4) is 0 Å². The fraction of sp³-hybridized carbons (Fsp3) is 0.731. The zero-order chi connectivity index (χ0) is 24.3. The lowest BCUT2D eigenvalue weighted by Crippen LogP contribution is -2.40. The van der Waals surface area contributed by atoms with Gasteiger partial charge in [0.25, 0.3) is 5.91 Å². The van der Waals surface area contributed by atoms with Gasteiger partial charge in [-0.2, -0.15) is 0 Å². The summed E-state index contributed by atoms with van der Waals surface area (Å²) in [6.07, 6.45) is 6.72. The van der Waals surface area contributed by atoms with E-state index in [4.69, 9.17) is 4.74 Å². The molecule has 4 fully saturated rings. The van der Waals surface area contributed by atoms with Crippen LogP contribution in [0.4, 0.5) is 9.80 Å². The molecule has 34 heavy (non-hydrogen) atoms. The number of thiophene rings is 1. The minimum absolute atomic E-state index is 0.106. The Hall–Kier alpha value is -2.09. The fourth-order valence-corrected chi connectivity index (χ4v) is 8.19. The first-order valence-corrected chi connectivity index (χ1v) is 13.6. The van der Waals surface area contributed by atoms with Gasteiger partial charge in [-0.25, -0.2) is 4.79 Å². The number of carbonyl (C=O) groups excluding carboxylic acids is 3. The molecule has 2 unspecified atom stereocenters. The maximum atomic E-state index is 13.7. The number of hydrogen-bond donors (Lipinski definition) is 2. The van der Waals surface area contributed by atoms with Crippen molar-refractivity contribution in [1.82, 2.24) is 10.2 Å².